The largest absolute Gasteiger partial charge is 0.369 e. The second-order valence-corrected chi connectivity index (χ2v) is 5.56. The van der Waals surface area contributed by atoms with E-state index in [0.29, 0.717) is 6.54 Å². The topological polar surface area (TPSA) is 54.2 Å². The third-order valence-electron chi connectivity index (χ3n) is 3.08. The molecular formula is C15H16BrN5. The van der Waals surface area contributed by atoms with Crippen molar-refractivity contribution in [2.75, 3.05) is 17.2 Å². The van der Waals surface area contributed by atoms with Crippen molar-refractivity contribution < 1.29 is 0 Å². The first-order valence-corrected chi connectivity index (χ1v) is 7.61. The molecule has 2 heterocycles. The van der Waals surface area contributed by atoms with Crippen LogP contribution in [0.15, 0.2) is 47.3 Å². The number of benzene rings is 1. The molecule has 0 radical (unpaired) electrons. The highest BCUT2D eigenvalue weighted by Crippen LogP contribution is 2.18. The maximum absolute atomic E-state index is 4.58. The Morgan fingerprint density at radius 3 is 3.00 bits per heavy atom. The summed E-state index contributed by atoms with van der Waals surface area (Å²) in [6, 6.07) is 8.20. The molecule has 108 valence electrons. The molecule has 5 nitrogen and oxygen atoms in total. The summed E-state index contributed by atoms with van der Waals surface area (Å²) in [4.78, 5) is 8.93. The fraction of sp³-hybridized carbons (Fsp3) is 0.200. The number of rotatable bonds is 5. The smallest absolute Gasteiger partial charge is 0.180 e. The van der Waals surface area contributed by atoms with Crippen LogP contribution in [0.2, 0.25) is 0 Å². The first kappa shape index (κ1) is 13.9. The molecule has 0 unspecified atom stereocenters. The molecule has 2 N–H and O–H groups in total. The zero-order valence-electron chi connectivity index (χ0n) is 11.7. The number of aromatic nitrogens is 3. The van der Waals surface area contributed by atoms with Crippen LogP contribution in [0.3, 0.4) is 0 Å². The average Bonchev–Trinajstić information content (AvgIpc) is 2.93. The van der Waals surface area contributed by atoms with E-state index in [4.69, 9.17) is 0 Å². The SMILES string of the molecule is CCNc1cn2ccnc2c(NCc2cccc(Br)c2)n1. The van der Waals surface area contributed by atoms with E-state index >= 15 is 0 Å². The van der Waals surface area contributed by atoms with Crippen LogP contribution < -0.4 is 10.6 Å². The molecule has 2 aromatic heterocycles. The molecule has 3 rings (SSSR count). The lowest BCUT2D eigenvalue weighted by Gasteiger charge is -2.10. The Bertz CT molecular complexity index is 753. The Morgan fingerprint density at radius 1 is 1.29 bits per heavy atom. The molecule has 0 spiro atoms. The van der Waals surface area contributed by atoms with Crippen LogP contribution in [0.25, 0.3) is 5.65 Å². The molecule has 21 heavy (non-hydrogen) atoms. The normalized spacial score (nSPS) is 10.8. The molecule has 0 saturated heterocycles. The third-order valence-corrected chi connectivity index (χ3v) is 3.57. The molecule has 0 saturated carbocycles. The zero-order valence-corrected chi connectivity index (χ0v) is 13.3. The van der Waals surface area contributed by atoms with Crippen molar-refractivity contribution in [3.05, 3.63) is 52.9 Å². The predicted molar refractivity (Wildman–Crippen MR) is 88.6 cm³/mol. The fourth-order valence-corrected chi connectivity index (χ4v) is 2.60. The predicted octanol–water partition coefficient (Wildman–Crippen LogP) is 3.54. The third kappa shape index (κ3) is 3.16. The second kappa shape index (κ2) is 6.13. The first-order chi connectivity index (χ1) is 10.3. The lowest BCUT2D eigenvalue weighted by molar-refractivity contribution is 1.05. The number of fused-ring (bicyclic) bond motifs is 1. The Morgan fingerprint density at radius 2 is 2.19 bits per heavy atom. The molecule has 3 aromatic rings. The summed E-state index contributed by atoms with van der Waals surface area (Å²) in [7, 11) is 0. The van der Waals surface area contributed by atoms with Crippen molar-refractivity contribution in [3.8, 4) is 0 Å². The van der Waals surface area contributed by atoms with Gasteiger partial charge in [0.15, 0.2) is 11.5 Å². The van der Waals surface area contributed by atoms with Gasteiger partial charge < -0.3 is 15.0 Å². The summed E-state index contributed by atoms with van der Waals surface area (Å²) in [6.07, 6.45) is 5.63. The van der Waals surface area contributed by atoms with Gasteiger partial charge in [-0.3, -0.25) is 0 Å². The monoisotopic (exact) mass is 345 g/mol. The van der Waals surface area contributed by atoms with Gasteiger partial charge in [-0.2, -0.15) is 0 Å². The van der Waals surface area contributed by atoms with Crippen LogP contribution in [-0.2, 0) is 6.54 Å². The van der Waals surface area contributed by atoms with Crippen LogP contribution in [0.1, 0.15) is 12.5 Å². The van der Waals surface area contributed by atoms with E-state index in [-0.39, 0.29) is 0 Å². The average molecular weight is 346 g/mol. The number of imidazole rings is 1. The zero-order chi connectivity index (χ0) is 14.7. The van der Waals surface area contributed by atoms with Crippen LogP contribution >= 0.6 is 15.9 Å². The minimum atomic E-state index is 0.699. The minimum Gasteiger partial charge on any atom is -0.369 e. The van der Waals surface area contributed by atoms with Gasteiger partial charge in [0, 0.05) is 30.0 Å². The van der Waals surface area contributed by atoms with Crippen molar-refractivity contribution in [3.63, 3.8) is 0 Å². The van der Waals surface area contributed by atoms with Gasteiger partial charge in [-0.25, -0.2) is 9.97 Å². The van der Waals surface area contributed by atoms with Gasteiger partial charge in [0.1, 0.15) is 5.82 Å². The summed E-state index contributed by atoms with van der Waals surface area (Å²) >= 11 is 3.48. The Hall–Kier alpha value is -2.08. The van der Waals surface area contributed by atoms with Gasteiger partial charge in [-0.15, -0.1) is 0 Å². The highest BCUT2D eigenvalue weighted by molar-refractivity contribution is 9.10. The van der Waals surface area contributed by atoms with Crippen LogP contribution in [0.5, 0.6) is 0 Å². The lowest BCUT2D eigenvalue weighted by atomic mass is 10.2. The molecule has 0 aliphatic carbocycles. The maximum atomic E-state index is 4.58. The quantitative estimate of drug-likeness (QED) is 0.742. The molecule has 0 fully saturated rings. The molecule has 0 aliphatic heterocycles. The number of anilines is 2. The molecular weight excluding hydrogens is 330 g/mol. The van der Waals surface area contributed by atoms with Crippen molar-refractivity contribution in [1.82, 2.24) is 14.4 Å². The summed E-state index contributed by atoms with van der Waals surface area (Å²) < 4.78 is 3.04. The van der Waals surface area contributed by atoms with Gasteiger partial charge in [-0.1, -0.05) is 28.1 Å². The molecule has 0 bridgehead atoms. The summed E-state index contributed by atoms with van der Waals surface area (Å²) in [6.45, 7) is 3.58. The van der Waals surface area contributed by atoms with E-state index in [1.807, 2.05) is 35.9 Å². The number of hydrogen-bond acceptors (Lipinski definition) is 4. The maximum Gasteiger partial charge on any atom is 0.180 e. The number of halogens is 1. The van der Waals surface area contributed by atoms with E-state index in [1.54, 1.807) is 6.20 Å². The second-order valence-electron chi connectivity index (χ2n) is 4.65. The molecule has 0 atom stereocenters. The van der Waals surface area contributed by atoms with Crippen molar-refractivity contribution in [2.24, 2.45) is 0 Å². The van der Waals surface area contributed by atoms with Crippen molar-refractivity contribution in [1.29, 1.82) is 0 Å². The molecule has 0 aliphatic rings. The number of hydrogen-bond donors (Lipinski definition) is 2. The highest BCUT2D eigenvalue weighted by atomic mass is 79.9. The van der Waals surface area contributed by atoms with Crippen molar-refractivity contribution >= 4 is 33.2 Å². The van der Waals surface area contributed by atoms with Gasteiger partial charge >= 0.3 is 0 Å². The van der Waals surface area contributed by atoms with Crippen molar-refractivity contribution in [2.45, 2.75) is 13.5 Å². The van der Waals surface area contributed by atoms with Crippen LogP contribution in [0.4, 0.5) is 11.6 Å². The van der Waals surface area contributed by atoms with Gasteiger partial charge in [0.05, 0.1) is 6.20 Å². The van der Waals surface area contributed by atoms with E-state index in [1.165, 1.54) is 5.56 Å². The Balaban J connectivity index is 1.86. The van der Waals surface area contributed by atoms with Gasteiger partial charge in [0.2, 0.25) is 0 Å². The molecule has 6 heteroatoms. The van der Waals surface area contributed by atoms with Crippen LogP contribution in [-0.4, -0.2) is 20.9 Å². The van der Waals surface area contributed by atoms with Gasteiger partial charge in [0.25, 0.3) is 0 Å². The minimum absolute atomic E-state index is 0.699. The molecule has 1 aromatic carbocycles. The summed E-state index contributed by atoms with van der Waals surface area (Å²) in [5.74, 6) is 1.61. The van der Waals surface area contributed by atoms with E-state index in [9.17, 15) is 0 Å². The van der Waals surface area contributed by atoms with Crippen LogP contribution in [0, 0.1) is 0 Å². The Labute approximate surface area is 131 Å². The molecule has 0 amide bonds. The van der Waals surface area contributed by atoms with Gasteiger partial charge in [-0.05, 0) is 24.6 Å². The summed E-state index contributed by atoms with van der Waals surface area (Å²) in [5.41, 5.74) is 2.01. The van der Waals surface area contributed by atoms with E-state index in [2.05, 4.69) is 48.7 Å². The van der Waals surface area contributed by atoms with E-state index < -0.39 is 0 Å². The highest BCUT2D eigenvalue weighted by Gasteiger charge is 2.07. The lowest BCUT2D eigenvalue weighted by Crippen LogP contribution is -2.07. The van der Waals surface area contributed by atoms with E-state index in [0.717, 1.165) is 28.3 Å². The summed E-state index contributed by atoms with van der Waals surface area (Å²) in [5, 5.41) is 6.59. The number of nitrogens with zero attached hydrogens (tertiary/aromatic N) is 3. The fourth-order valence-electron chi connectivity index (χ4n) is 2.15. The first-order valence-electron chi connectivity index (χ1n) is 6.82. The number of nitrogens with one attached hydrogen (secondary N) is 2. The Kier molecular flexibility index (Phi) is 4.06. The standard InChI is InChI=1S/C15H16BrN5/c1-2-17-13-10-21-7-6-18-15(21)14(20-13)19-9-11-4-3-5-12(16)8-11/h3-8,10,17H,2,9H2,1H3,(H,19,20).